The monoisotopic (exact) mass is 450 g/mol. The molecule has 0 spiro atoms. The fourth-order valence-electron chi connectivity index (χ4n) is 3.18. The molecule has 158 valence electrons. The minimum Gasteiger partial charge on any atom is -0.271 e. The summed E-state index contributed by atoms with van der Waals surface area (Å²) in [4.78, 5) is 23.1. The second kappa shape index (κ2) is 8.90. The largest absolute Gasteiger partial charge is 0.272 e. The zero-order valence-electron chi connectivity index (χ0n) is 16.0. The zero-order valence-corrected chi connectivity index (χ0v) is 17.6. The van der Waals surface area contributed by atoms with Crippen molar-refractivity contribution in [2.75, 3.05) is 6.54 Å². The van der Waals surface area contributed by atoms with E-state index in [0.717, 1.165) is 4.31 Å². The van der Waals surface area contributed by atoms with Crippen LogP contribution in [-0.2, 0) is 14.8 Å². The van der Waals surface area contributed by atoms with Crippen LogP contribution < -0.4 is 5.43 Å². The molecule has 2 aromatic rings. The predicted molar refractivity (Wildman–Crippen MR) is 112 cm³/mol. The first-order valence-electron chi connectivity index (χ1n) is 9.05. The molecular weight excluding hydrogens is 432 g/mol. The summed E-state index contributed by atoms with van der Waals surface area (Å²) < 4.78 is 26.9. The first-order chi connectivity index (χ1) is 14.2. The van der Waals surface area contributed by atoms with Crippen molar-refractivity contribution in [1.29, 1.82) is 0 Å². The summed E-state index contributed by atoms with van der Waals surface area (Å²) in [6, 6.07) is 9.41. The number of nitro groups is 1. The summed E-state index contributed by atoms with van der Waals surface area (Å²) in [5.74, 6) is -0.567. The topological polar surface area (TPSA) is 122 Å². The van der Waals surface area contributed by atoms with Crippen molar-refractivity contribution < 1.29 is 18.1 Å². The molecule has 1 aliphatic heterocycles. The Hall–Kier alpha value is -2.82. The molecule has 0 saturated carbocycles. The molecule has 1 fully saturated rings. The number of nitro benzene ring substituents is 1. The smallest absolute Gasteiger partial charge is 0.271 e. The van der Waals surface area contributed by atoms with E-state index in [0.29, 0.717) is 29.0 Å². The highest BCUT2D eigenvalue weighted by molar-refractivity contribution is 7.89. The number of hydrogen-bond acceptors (Lipinski definition) is 6. The molecule has 1 aliphatic rings. The molecule has 0 aromatic heterocycles. The SMILES string of the molecule is Cc1ccc(/C=N\NC(=O)[C@@H]2CCCN2S(=O)(=O)c2ccc(Cl)cc2)cc1[N+](=O)[O-]. The van der Waals surface area contributed by atoms with Crippen LogP contribution in [0.25, 0.3) is 0 Å². The molecule has 30 heavy (non-hydrogen) atoms. The lowest BCUT2D eigenvalue weighted by atomic mass is 10.1. The van der Waals surface area contributed by atoms with Crippen LogP contribution in [0.2, 0.25) is 5.02 Å². The molecule has 2 aromatic carbocycles. The number of nitrogens with one attached hydrogen (secondary N) is 1. The van der Waals surface area contributed by atoms with Crippen molar-refractivity contribution in [3.05, 3.63) is 68.7 Å². The summed E-state index contributed by atoms with van der Waals surface area (Å²) in [5, 5.41) is 15.3. The van der Waals surface area contributed by atoms with Gasteiger partial charge in [0.1, 0.15) is 6.04 Å². The molecule has 0 bridgehead atoms. The van der Waals surface area contributed by atoms with Gasteiger partial charge in [-0.2, -0.15) is 9.41 Å². The molecule has 0 aliphatic carbocycles. The van der Waals surface area contributed by atoms with Crippen LogP contribution in [0.1, 0.15) is 24.0 Å². The highest BCUT2D eigenvalue weighted by atomic mass is 35.5. The Kier molecular flexibility index (Phi) is 6.49. The second-order valence-corrected chi connectivity index (χ2v) is 9.09. The van der Waals surface area contributed by atoms with Gasteiger partial charge in [-0.25, -0.2) is 13.8 Å². The Morgan fingerprint density at radius 2 is 2.00 bits per heavy atom. The van der Waals surface area contributed by atoms with E-state index in [1.807, 2.05) is 0 Å². The van der Waals surface area contributed by atoms with E-state index in [2.05, 4.69) is 10.5 Å². The van der Waals surface area contributed by atoms with Crippen molar-refractivity contribution >= 4 is 39.4 Å². The van der Waals surface area contributed by atoms with Gasteiger partial charge in [-0.15, -0.1) is 0 Å². The number of rotatable bonds is 6. The van der Waals surface area contributed by atoms with Crippen LogP contribution >= 0.6 is 11.6 Å². The highest BCUT2D eigenvalue weighted by Gasteiger charge is 2.39. The zero-order chi connectivity index (χ0) is 21.9. The van der Waals surface area contributed by atoms with Crippen LogP contribution in [0.5, 0.6) is 0 Å². The maximum Gasteiger partial charge on any atom is 0.272 e. The van der Waals surface area contributed by atoms with Crippen molar-refractivity contribution in [3.8, 4) is 0 Å². The molecule has 1 heterocycles. The minimum absolute atomic E-state index is 0.0543. The molecule has 0 radical (unpaired) electrons. The molecular formula is C19H19ClN4O5S. The number of hydrazone groups is 1. The van der Waals surface area contributed by atoms with E-state index in [9.17, 15) is 23.3 Å². The normalized spacial score (nSPS) is 17.3. The number of benzene rings is 2. The first-order valence-corrected chi connectivity index (χ1v) is 10.9. The number of aryl methyl sites for hydroxylation is 1. The lowest BCUT2D eigenvalue weighted by Gasteiger charge is -2.22. The van der Waals surface area contributed by atoms with Crippen LogP contribution in [0.15, 0.2) is 52.5 Å². The fraction of sp³-hybridized carbons (Fsp3) is 0.263. The maximum absolute atomic E-state index is 12.9. The number of halogens is 1. The number of carbonyl (C=O) groups is 1. The molecule has 1 N–H and O–H groups in total. The number of sulfonamides is 1. The van der Waals surface area contributed by atoms with Gasteiger partial charge in [0.2, 0.25) is 10.0 Å². The van der Waals surface area contributed by atoms with Gasteiger partial charge in [-0.05, 0) is 44.0 Å². The standard InChI is InChI=1S/C19H19ClN4O5S/c1-13-4-5-14(11-18(13)24(26)27)12-21-22-19(25)17-3-2-10-23(17)30(28,29)16-8-6-15(20)7-9-16/h4-9,11-12,17H,2-3,10H2,1H3,(H,22,25)/b21-12-/t17-/m0/s1. The van der Waals surface area contributed by atoms with Crippen LogP contribution in [0, 0.1) is 17.0 Å². The average molecular weight is 451 g/mol. The summed E-state index contributed by atoms with van der Waals surface area (Å²) in [6.07, 6.45) is 2.18. The number of carbonyl (C=O) groups excluding carboxylic acids is 1. The summed E-state index contributed by atoms with van der Waals surface area (Å²) in [5.41, 5.74) is 3.22. The lowest BCUT2D eigenvalue weighted by Crippen LogP contribution is -2.44. The Morgan fingerprint density at radius 1 is 1.30 bits per heavy atom. The molecule has 0 unspecified atom stereocenters. The molecule has 1 saturated heterocycles. The predicted octanol–water partition coefficient (Wildman–Crippen LogP) is 2.86. The van der Waals surface area contributed by atoms with E-state index in [1.54, 1.807) is 19.1 Å². The third-order valence-corrected chi connectivity index (χ3v) is 6.92. The van der Waals surface area contributed by atoms with Gasteiger partial charge in [0.25, 0.3) is 11.6 Å². The quantitative estimate of drug-likeness (QED) is 0.412. The van der Waals surface area contributed by atoms with Crippen LogP contribution in [0.4, 0.5) is 5.69 Å². The third-order valence-electron chi connectivity index (χ3n) is 4.74. The van der Waals surface area contributed by atoms with Gasteiger partial charge in [0.05, 0.1) is 16.0 Å². The molecule has 9 nitrogen and oxygen atoms in total. The second-order valence-electron chi connectivity index (χ2n) is 6.76. The maximum atomic E-state index is 12.9. The highest BCUT2D eigenvalue weighted by Crippen LogP contribution is 2.27. The molecule has 1 atom stereocenters. The van der Waals surface area contributed by atoms with Gasteiger partial charge >= 0.3 is 0 Å². The van der Waals surface area contributed by atoms with E-state index in [1.165, 1.54) is 36.5 Å². The van der Waals surface area contributed by atoms with Gasteiger partial charge in [0, 0.05) is 28.8 Å². The van der Waals surface area contributed by atoms with E-state index in [-0.39, 0.29) is 17.1 Å². The Morgan fingerprint density at radius 3 is 2.67 bits per heavy atom. The number of nitrogens with zero attached hydrogens (tertiary/aromatic N) is 3. The lowest BCUT2D eigenvalue weighted by molar-refractivity contribution is -0.385. The Balaban J connectivity index is 1.72. The molecule has 11 heteroatoms. The summed E-state index contributed by atoms with van der Waals surface area (Å²) in [6.45, 7) is 1.84. The Labute approximate surface area is 178 Å². The first kappa shape index (κ1) is 21.9. The fourth-order valence-corrected chi connectivity index (χ4v) is 4.96. The minimum atomic E-state index is -3.86. The van der Waals surface area contributed by atoms with Crippen molar-refractivity contribution in [2.45, 2.75) is 30.7 Å². The van der Waals surface area contributed by atoms with E-state index < -0.39 is 26.9 Å². The van der Waals surface area contributed by atoms with E-state index in [4.69, 9.17) is 11.6 Å². The average Bonchev–Trinajstić information content (AvgIpc) is 3.20. The van der Waals surface area contributed by atoms with Gasteiger partial charge in [-0.3, -0.25) is 14.9 Å². The van der Waals surface area contributed by atoms with Gasteiger partial charge < -0.3 is 0 Å². The van der Waals surface area contributed by atoms with Crippen LogP contribution in [0.3, 0.4) is 0 Å². The molecule has 3 rings (SSSR count). The number of hydrogen-bond donors (Lipinski definition) is 1. The van der Waals surface area contributed by atoms with E-state index >= 15 is 0 Å². The van der Waals surface area contributed by atoms with Crippen molar-refractivity contribution in [2.24, 2.45) is 5.10 Å². The Bertz CT molecular complexity index is 1100. The van der Waals surface area contributed by atoms with Crippen LogP contribution in [-0.4, -0.2) is 42.4 Å². The van der Waals surface area contributed by atoms with Crippen molar-refractivity contribution in [1.82, 2.24) is 9.73 Å². The summed E-state index contributed by atoms with van der Waals surface area (Å²) in [7, 11) is -3.86. The third kappa shape index (κ3) is 4.66. The van der Waals surface area contributed by atoms with Gasteiger partial charge in [0.15, 0.2) is 0 Å². The number of amides is 1. The summed E-state index contributed by atoms with van der Waals surface area (Å²) >= 11 is 5.82. The molecule has 1 amide bonds. The van der Waals surface area contributed by atoms with Gasteiger partial charge in [-0.1, -0.05) is 23.7 Å². The van der Waals surface area contributed by atoms with Crippen molar-refractivity contribution in [3.63, 3.8) is 0 Å².